The average molecular weight is 358 g/mol. The molecule has 25 heavy (non-hydrogen) atoms. The minimum absolute atomic E-state index is 0.248. The van der Waals surface area contributed by atoms with Gasteiger partial charge in [0.25, 0.3) is 11.8 Å². The van der Waals surface area contributed by atoms with Gasteiger partial charge in [-0.15, -0.1) is 0 Å². The molecule has 0 aromatic heterocycles. The van der Waals surface area contributed by atoms with Gasteiger partial charge in [0.2, 0.25) is 0 Å². The molecule has 126 valence electrons. The highest BCUT2D eigenvalue weighted by atomic mass is 35.5. The Kier molecular flexibility index (Phi) is 4.63. The maximum atomic E-state index is 12.2. The molecule has 1 aliphatic rings. The van der Waals surface area contributed by atoms with Crippen LogP contribution in [0.1, 0.15) is 31.1 Å². The van der Waals surface area contributed by atoms with Gasteiger partial charge in [0.05, 0.1) is 11.1 Å². The van der Waals surface area contributed by atoms with Gasteiger partial charge in [-0.05, 0) is 36.4 Å². The van der Waals surface area contributed by atoms with Crippen molar-refractivity contribution in [2.75, 3.05) is 13.2 Å². The van der Waals surface area contributed by atoms with Crippen molar-refractivity contribution in [1.29, 1.82) is 0 Å². The number of hydrogen-bond acceptors (Lipinski definition) is 5. The highest BCUT2D eigenvalue weighted by molar-refractivity contribution is 6.30. The van der Waals surface area contributed by atoms with Gasteiger partial charge >= 0.3 is 5.97 Å². The van der Waals surface area contributed by atoms with Crippen LogP contribution in [0.5, 0.6) is 0 Å². The van der Waals surface area contributed by atoms with Gasteiger partial charge in [0.15, 0.2) is 12.4 Å². The number of carbonyl (C=O) groups is 4. The second-order valence-corrected chi connectivity index (χ2v) is 5.77. The number of esters is 1. The van der Waals surface area contributed by atoms with Gasteiger partial charge in [0, 0.05) is 10.6 Å². The second-order valence-electron chi connectivity index (χ2n) is 5.33. The number of benzene rings is 2. The number of Topliss-reactive ketones (excluding diaryl/α,β-unsaturated/α-hetero) is 1. The van der Waals surface area contributed by atoms with Crippen molar-refractivity contribution in [1.82, 2.24) is 4.90 Å². The Balaban J connectivity index is 1.58. The lowest BCUT2D eigenvalue weighted by Crippen LogP contribution is -2.36. The van der Waals surface area contributed by atoms with Gasteiger partial charge < -0.3 is 4.74 Å². The molecule has 0 unspecified atom stereocenters. The van der Waals surface area contributed by atoms with E-state index in [0.29, 0.717) is 10.6 Å². The van der Waals surface area contributed by atoms with Crippen LogP contribution in [-0.2, 0) is 9.53 Å². The number of hydrogen-bond donors (Lipinski definition) is 0. The number of nitrogens with zero attached hydrogens (tertiary/aromatic N) is 1. The predicted octanol–water partition coefficient (Wildman–Crippen LogP) is 2.36. The zero-order valence-corrected chi connectivity index (χ0v) is 13.7. The van der Waals surface area contributed by atoms with Crippen molar-refractivity contribution in [2.24, 2.45) is 0 Å². The third-order valence-corrected chi connectivity index (χ3v) is 3.95. The normalized spacial score (nSPS) is 12.9. The highest BCUT2D eigenvalue weighted by Gasteiger charge is 2.36. The molecule has 0 bridgehead atoms. The lowest BCUT2D eigenvalue weighted by molar-refractivity contribution is -0.142. The molecule has 0 spiro atoms. The number of halogens is 1. The minimum Gasteiger partial charge on any atom is -0.456 e. The number of carbonyl (C=O) groups excluding carboxylic acids is 4. The second kappa shape index (κ2) is 6.86. The zero-order chi connectivity index (χ0) is 18.0. The number of ether oxygens (including phenoxy) is 1. The molecular formula is C18H12ClNO5. The Bertz CT molecular complexity index is 840. The van der Waals surface area contributed by atoms with Gasteiger partial charge in [-0.1, -0.05) is 23.7 Å². The summed E-state index contributed by atoms with van der Waals surface area (Å²) in [5.74, 6) is -2.35. The predicted molar refractivity (Wildman–Crippen MR) is 88.6 cm³/mol. The first-order chi connectivity index (χ1) is 12.0. The fraction of sp³-hybridized carbons (Fsp3) is 0.111. The van der Waals surface area contributed by atoms with Crippen LogP contribution in [0.15, 0.2) is 48.5 Å². The molecule has 0 saturated heterocycles. The van der Waals surface area contributed by atoms with E-state index in [1.54, 1.807) is 24.3 Å². The fourth-order valence-electron chi connectivity index (χ4n) is 2.42. The number of fused-ring (bicyclic) bond motifs is 1. The standard InChI is InChI=1S/C18H12ClNO5/c19-12-7-5-11(6-8-12)15(21)10-25-16(22)9-20-17(23)13-3-1-2-4-14(13)18(20)24/h1-8H,9-10H2. The van der Waals surface area contributed by atoms with Crippen molar-refractivity contribution < 1.29 is 23.9 Å². The molecule has 0 atom stereocenters. The summed E-state index contributed by atoms with van der Waals surface area (Å²) < 4.78 is 4.88. The molecule has 2 amide bonds. The van der Waals surface area contributed by atoms with Crippen LogP contribution in [0.2, 0.25) is 5.02 Å². The van der Waals surface area contributed by atoms with Crippen LogP contribution in [0.25, 0.3) is 0 Å². The topological polar surface area (TPSA) is 80.8 Å². The molecule has 3 rings (SSSR count). The van der Waals surface area contributed by atoms with Crippen LogP contribution in [0, 0.1) is 0 Å². The van der Waals surface area contributed by atoms with Crippen LogP contribution in [-0.4, -0.2) is 41.6 Å². The van der Waals surface area contributed by atoms with Crippen molar-refractivity contribution in [2.45, 2.75) is 0 Å². The Labute approximate surface area is 147 Å². The van der Waals surface area contributed by atoms with Crippen molar-refractivity contribution in [3.05, 3.63) is 70.2 Å². The van der Waals surface area contributed by atoms with Crippen LogP contribution in [0.4, 0.5) is 0 Å². The third-order valence-electron chi connectivity index (χ3n) is 3.70. The van der Waals surface area contributed by atoms with Crippen molar-refractivity contribution >= 4 is 35.2 Å². The van der Waals surface area contributed by atoms with E-state index in [0.717, 1.165) is 4.90 Å². The van der Waals surface area contributed by atoms with E-state index in [1.807, 2.05) is 0 Å². The lowest BCUT2D eigenvalue weighted by Gasteiger charge is -2.12. The van der Waals surface area contributed by atoms with E-state index >= 15 is 0 Å². The summed E-state index contributed by atoms with van der Waals surface area (Å²) in [6.07, 6.45) is 0. The summed E-state index contributed by atoms with van der Waals surface area (Å²) in [6.45, 7) is -1.02. The Morgan fingerprint density at radius 3 is 2.04 bits per heavy atom. The smallest absolute Gasteiger partial charge is 0.326 e. The molecular weight excluding hydrogens is 346 g/mol. The molecule has 0 saturated carbocycles. The maximum absolute atomic E-state index is 12.2. The Morgan fingerprint density at radius 2 is 1.48 bits per heavy atom. The molecule has 6 nitrogen and oxygen atoms in total. The molecule has 0 aliphatic carbocycles. The highest BCUT2D eigenvalue weighted by Crippen LogP contribution is 2.22. The van der Waals surface area contributed by atoms with Crippen LogP contribution >= 0.6 is 11.6 Å². The number of ketones is 1. The van der Waals surface area contributed by atoms with E-state index in [4.69, 9.17) is 16.3 Å². The third kappa shape index (κ3) is 3.44. The SMILES string of the molecule is O=C(CN1C(=O)c2ccccc2C1=O)OCC(=O)c1ccc(Cl)cc1. The zero-order valence-electron chi connectivity index (χ0n) is 12.9. The van der Waals surface area contributed by atoms with Gasteiger partial charge in [-0.2, -0.15) is 0 Å². The summed E-state index contributed by atoms with van der Waals surface area (Å²) in [7, 11) is 0. The fourth-order valence-corrected chi connectivity index (χ4v) is 2.55. The van der Waals surface area contributed by atoms with E-state index in [2.05, 4.69) is 0 Å². The van der Waals surface area contributed by atoms with Gasteiger partial charge in [-0.25, -0.2) is 0 Å². The molecule has 0 radical (unpaired) electrons. The number of rotatable bonds is 5. The van der Waals surface area contributed by atoms with Crippen molar-refractivity contribution in [3.63, 3.8) is 0 Å². The van der Waals surface area contributed by atoms with Crippen molar-refractivity contribution in [3.8, 4) is 0 Å². The van der Waals surface area contributed by atoms with Gasteiger partial charge in [0.1, 0.15) is 6.54 Å². The summed E-state index contributed by atoms with van der Waals surface area (Å²) in [5.41, 5.74) is 0.841. The largest absolute Gasteiger partial charge is 0.456 e. The van der Waals surface area contributed by atoms with E-state index in [-0.39, 0.29) is 11.1 Å². The molecule has 7 heteroatoms. The first-order valence-corrected chi connectivity index (χ1v) is 7.75. The summed E-state index contributed by atoms with van der Waals surface area (Å²) in [4.78, 5) is 48.9. The quantitative estimate of drug-likeness (QED) is 0.466. The Hall–Kier alpha value is -2.99. The van der Waals surface area contributed by atoms with Gasteiger partial charge in [-0.3, -0.25) is 24.1 Å². The van der Waals surface area contributed by atoms with E-state index < -0.39 is 36.7 Å². The molecule has 1 aliphatic heterocycles. The van der Waals surface area contributed by atoms with Crippen LogP contribution < -0.4 is 0 Å². The first-order valence-electron chi connectivity index (χ1n) is 7.37. The maximum Gasteiger partial charge on any atom is 0.326 e. The van der Waals surface area contributed by atoms with E-state index in [1.165, 1.54) is 24.3 Å². The number of imide groups is 1. The molecule has 0 N–H and O–H groups in total. The molecule has 2 aromatic carbocycles. The van der Waals surface area contributed by atoms with E-state index in [9.17, 15) is 19.2 Å². The minimum atomic E-state index is -0.836. The molecule has 0 fully saturated rings. The average Bonchev–Trinajstić information content (AvgIpc) is 2.86. The summed E-state index contributed by atoms with van der Waals surface area (Å²) >= 11 is 5.74. The summed E-state index contributed by atoms with van der Waals surface area (Å²) in [6, 6.07) is 12.4. The van der Waals surface area contributed by atoms with Crippen LogP contribution in [0.3, 0.4) is 0 Å². The summed E-state index contributed by atoms with van der Waals surface area (Å²) in [5, 5.41) is 0.485. The Morgan fingerprint density at radius 1 is 0.920 bits per heavy atom. The molecule has 2 aromatic rings. The molecule has 1 heterocycles. The lowest BCUT2D eigenvalue weighted by atomic mass is 10.1. The monoisotopic (exact) mass is 357 g/mol. The first kappa shape index (κ1) is 16.9. The number of amides is 2.